The molecule has 0 rings (SSSR count). The van der Waals surface area contributed by atoms with Crippen LogP contribution in [0.1, 0.15) is 13.8 Å². The molecule has 0 aliphatic heterocycles. The predicted octanol–water partition coefficient (Wildman–Crippen LogP) is 2.54. The smallest absolute Gasteiger partial charge is 0.00563 e. The third-order valence-corrected chi connectivity index (χ3v) is 1.46. The van der Waals surface area contributed by atoms with Gasteiger partial charge in [-0.3, -0.25) is 0 Å². The zero-order chi connectivity index (χ0) is 8.69. The normalized spacial score (nSPS) is 14.0. The maximum atomic E-state index is 5.27. The lowest BCUT2D eigenvalue weighted by Crippen LogP contribution is -1.83. The van der Waals surface area contributed by atoms with Crippen LogP contribution in [0.15, 0.2) is 48.2 Å². The highest BCUT2D eigenvalue weighted by Crippen LogP contribution is 2.09. The summed E-state index contributed by atoms with van der Waals surface area (Å²) in [5.74, 6) is 0. The van der Waals surface area contributed by atoms with Crippen LogP contribution in [0.4, 0.5) is 0 Å². The zero-order valence-corrected chi connectivity index (χ0v) is 7.17. The minimum atomic E-state index is 1.10. The fourth-order valence-corrected chi connectivity index (χ4v) is 0.716. The van der Waals surface area contributed by atoms with E-state index in [0.717, 1.165) is 5.57 Å². The van der Waals surface area contributed by atoms with Crippen LogP contribution in [0.2, 0.25) is 0 Å². The Labute approximate surface area is 68.6 Å². The number of rotatable bonds is 3. The van der Waals surface area contributed by atoms with Gasteiger partial charge in [0.05, 0.1) is 0 Å². The molecule has 2 N–H and O–H groups in total. The van der Waals surface area contributed by atoms with Crippen molar-refractivity contribution in [3.05, 3.63) is 48.2 Å². The number of nitrogens with two attached hydrogens (primary N) is 1. The van der Waals surface area contributed by atoms with Crippen molar-refractivity contribution in [3.63, 3.8) is 0 Å². The molecule has 0 radical (unpaired) electrons. The van der Waals surface area contributed by atoms with Gasteiger partial charge in [-0.1, -0.05) is 24.8 Å². The third-order valence-electron chi connectivity index (χ3n) is 1.46. The average Bonchev–Trinajstić information content (AvgIpc) is 2.03. The maximum absolute atomic E-state index is 5.27. The van der Waals surface area contributed by atoms with E-state index in [4.69, 9.17) is 5.73 Å². The lowest BCUT2D eigenvalue weighted by molar-refractivity contribution is 1.38. The molecular weight excluding hydrogens is 134 g/mol. The molecule has 0 bridgehead atoms. The Kier molecular flexibility index (Phi) is 4.91. The second-order valence-corrected chi connectivity index (χ2v) is 2.19. The highest BCUT2D eigenvalue weighted by molar-refractivity contribution is 5.39. The fourth-order valence-electron chi connectivity index (χ4n) is 0.716. The van der Waals surface area contributed by atoms with E-state index >= 15 is 0 Å². The number of hydrogen-bond acceptors (Lipinski definition) is 1. The average molecular weight is 149 g/mol. The minimum Gasteiger partial charge on any atom is -0.405 e. The van der Waals surface area contributed by atoms with E-state index in [1.54, 1.807) is 6.08 Å². The van der Waals surface area contributed by atoms with E-state index in [2.05, 4.69) is 6.58 Å². The Morgan fingerprint density at radius 3 is 2.45 bits per heavy atom. The first kappa shape index (κ1) is 9.76. The lowest BCUT2D eigenvalue weighted by atomic mass is 10.1. The van der Waals surface area contributed by atoms with Gasteiger partial charge in [0.25, 0.3) is 0 Å². The molecule has 0 heterocycles. The Morgan fingerprint density at radius 2 is 2.09 bits per heavy atom. The van der Waals surface area contributed by atoms with Gasteiger partial charge in [-0.05, 0) is 37.3 Å². The van der Waals surface area contributed by atoms with E-state index in [-0.39, 0.29) is 0 Å². The van der Waals surface area contributed by atoms with Crippen LogP contribution in [0.25, 0.3) is 0 Å². The summed E-state index contributed by atoms with van der Waals surface area (Å²) in [7, 11) is 0. The lowest BCUT2D eigenvalue weighted by Gasteiger charge is -1.98. The van der Waals surface area contributed by atoms with Gasteiger partial charge in [-0.15, -0.1) is 0 Å². The second kappa shape index (κ2) is 5.54. The maximum Gasteiger partial charge on any atom is -0.00563 e. The second-order valence-electron chi connectivity index (χ2n) is 2.19. The molecule has 0 unspecified atom stereocenters. The first-order valence-corrected chi connectivity index (χ1v) is 3.60. The Balaban J connectivity index is 4.61. The molecule has 0 saturated carbocycles. The molecule has 0 fully saturated rings. The predicted molar refractivity (Wildman–Crippen MR) is 51.0 cm³/mol. The summed E-state index contributed by atoms with van der Waals surface area (Å²) in [6, 6.07) is 0. The van der Waals surface area contributed by atoms with Crippen molar-refractivity contribution in [2.45, 2.75) is 13.8 Å². The van der Waals surface area contributed by atoms with Crippen molar-refractivity contribution in [1.82, 2.24) is 0 Å². The molecule has 0 aromatic rings. The van der Waals surface area contributed by atoms with Crippen LogP contribution in [0.5, 0.6) is 0 Å². The molecule has 60 valence electrons. The molecule has 0 aliphatic carbocycles. The van der Waals surface area contributed by atoms with Crippen molar-refractivity contribution < 1.29 is 0 Å². The Morgan fingerprint density at radius 1 is 1.45 bits per heavy atom. The molecule has 0 spiro atoms. The molecule has 0 aromatic heterocycles. The molecule has 0 aromatic carbocycles. The van der Waals surface area contributed by atoms with Gasteiger partial charge in [0.2, 0.25) is 0 Å². The van der Waals surface area contributed by atoms with Crippen LogP contribution < -0.4 is 5.73 Å². The number of hydrogen-bond donors (Lipinski definition) is 1. The molecule has 0 saturated heterocycles. The van der Waals surface area contributed by atoms with E-state index in [9.17, 15) is 0 Å². The number of allylic oxidation sites excluding steroid dienone is 6. The molecular formula is C10H15N. The van der Waals surface area contributed by atoms with Crippen molar-refractivity contribution in [2.75, 3.05) is 0 Å². The summed E-state index contributed by atoms with van der Waals surface area (Å²) >= 11 is 0. The minimum absolute atomic E-state index is 1.10. The van der Waals surface area contributed by atoms with Gasteiger partial charge < -0.3 is 5.73 Å². The summed E-state index contributed by atoms with van der Waals surface area (Å²) in [4.78, 5) is 0. The zero-order valence-electron chi connectivity index (χ0n) is 7.17. The quantitative estimate of drug-likeness (QED) is 0.613. The first-order chi connectivity index (χ1) is 5.26. The van der Waals surface area contributed by atoms with Crippen molar-refractivity contribution >= 4 is 0 Å². The van der Waals surface area contributed by atoms with Crippen molar-refractivity contribution in [3.8, 4) is 0 Å². The summed E-state index contributed by atoms with van der Waals surface area (Å²) in [6.07, 6.45) is 9.11. The molecule has 0 aliphatic rings. The monoisotopic (exact) mass is 149 g/mol. The topological polar surface area (TPSA) is 26.0 Å². The summed E-state index contributed by atoms with van der Waals surface area (Å²) in [6.45, 7) is 7.65. The van der Waals surface area contributed by atoms with E-state index in [1.165, 1.54) is 11.8 Å². The van der Waals surface area contributed by atoms with Gasteiger partial charge in [0.15, 0.2) is 0 Å². The summed E-state index contributed by atoms with van der Waals surface area (Å²) in [5, 5.41) is 0. The van der Waals surface area contributed by atoms with Crippen molar-refractivity contribution in [2.24, 2.45) is 5.73 Å². The highest BCUT2D eigenvalue weighted by Gasteiger charge is 1.90. The van der Waals surface area contributed by atoms with Gasteiger partial charge in [0.1, 0.15) is 0 Å². The van der Waals surface area contributed by atoms with Crippen molar-refractivity contribution in [1.29, 1.82) is 0 Å². The third kappa shape index (κ3) is 3.46. The van der Waals surface area contributed by atoms with Gasteiger partial charge in [-0.2, -0.15) is 0 Å². The molecule has 0 atom stereocenters. The van der Waals surface area contributed by atoms with Gasteiger partial charge in [0, 0.05) is 0 Å². The van der Waals surface area contributed by atoms with Crippen LogP contribution in [-0.2, 0) is 0 Å². The first-order valence-electron chi connectivity index (χ1n) is 3.60. The molecule has 1 nitrogen and oxygen atoms in total. The molecule has 11 heavy (non-hydrogen) atoms. The molecule has 0 amide bonds. The van der Waals surface area contributed by atoms with Crippen LogP contribution in [0, 0.1) is 0 Å². The highest BCUT2D eigenvalue weighted by atomic mass is 14.5. The van der Waals surface area contributed by atoms with Gasteiger partial charge >= 0.3 is 0 Å². The van der Waals surface area contributed by atoms with E-state index in [0.29, 0.717) is 0 Å². The summed E-state index contributed by atoms with van der Waals surface area (Å²) < 4.78 is 0. The van der Waals surface area contributed by atoms with Crippen LogP contribution >= 0.6 is 0 Å². The van der Waals surface area contributed by atoms with E-state index in [1.807, 2.05) is 32.1 Å². The largest absolute Gasteiger partial charge is 0.405 e. The summed E-state index contributed by atoms with van der Waals surface area (Å²) in [5.41, 5.74) is 7.57. The Bertz CT molecular complexity index is 207. The van der Waals surface area contributed by atoms with E-state index < -0.39 is 0 Å². The van der Waals surface area contributed by atoms with Gasteiger partial charge in [-0.25, -0.2) is 0 Å². The molecule has 1 heteroatoms. The fraction of sp³-hybridized carbons (Fsp3) is 0.200. The van der Waals surface area contributed by atoms with Crippen LogP contribution in [-0.4, -0.2) is 0 Å². The SMILES string of the molecule is C=C/C=C(/C=C\N)C(\C)=C/C. The Hall–Kier alpha value is -1.24. The van der Waals surface area contributed by atoms with Crippen LogP contribution in [0.3, 0.4) is 0 Å². The standard InChI is InChI=1S/C10H15N/c1-4-6-10(7-8-11)9(3)5-2/h4-8H,1,11H2,2-3H3/b8-7-,9-5-,10-6-.